The SMILES string of the molecule is CCC[C@@H](C(=O)O)c1c(C)nc2sc3c(c2c1-c1ccc(C)cc1)CCCC3. The molecule has 0 saturated carbocycles. The first-order chi connectivity index (χ1) is 13.5. The third-order valence-electron chi connectivity index (χ3n) is 5.90. The van der Waals surface area contributed by atoms with Gasteiger partial charge in [-0.3, -0.25) is 4.79 Å². The maximum absolute atomic E-state index is 12.2. The molecular formula is C24H27NO2S. The summed E-state index contributed by atoms with van der Waals surface area (Å²) in [6, 6.07) is 8.53. The molecule has 146 valence electrons. The minimum Gasteiger partial charge on any atom is -0.481 e. The summed E-state index contributed by atoms with van der Waals surface area (Å²) in [5, 5.41) is 11.2. The van der Waals surface area contributed by atoms with Crippen LogP contribution in [0.5, 0.6) is 0 Å². The lowest BCUT2D eigenvalue weighted by molar-refractivity contribution is -0.139. The van der Waals surface area contributed by atoms with E-state index in [0.29, 0.717) is 6.42 Å². The molecule has 0 unspecified atom stereocenters. The number of hydrogen-bond donors (Lipinski definition) is 1. The van der Waals surface area contributed by atoms with Crippen molar-refractivity contribution in [3.63, 3.8) is 0 Å². The number of aryl methyl sites for hydroxylation is 4. The molecule has 1 aliphatic carbocycles. The second kappa shape index (κ2) is 7.67. The summed E-state index contributed by atoms with van der Waals surface area (Å²) in [6.07, 6.45) is 6.10. The number of fused-ring (bicyclic) bond motifs is 3. The van der Waals surface area contributed by atoms with Crippen molar-refractivity contribution < 1.29 is 9.90 Å². The van der Waals surface area contributed by atoms with Crippen molar-refractivity contribution in [3.8, 4) is 11.1 Å². The third-order valence-corrected chi connectivity index (χ3v) is 7.08. The number of aliphatic carboxylic acids is 1. The zero-order chi connectivity index (χ0) is 19.8. The van der Waals surface area contributed by atoms with Crippen LogP contribution in [0.1, 0.15) is 65.8 Å². The summed E-state index contributed by atoms with van der Waals surface area (Å²) >= 11 is 1.81. The summed E-state index contributed by atoms with van der Waals surface area (Å²) in [6.45, 7) is 6.12. The van der Waals surface area contributed by atoms with E-state index in [2.05, 4.69) is 38.1 Å². The van der Waals surface area contributed by atoms with Gasteiger partial charge in [-0.05, 0) is 68.2 Å². The number of rotatable bonds is 5. The van der Waals surface area contributed by atoms with E-state index in [9.17, 15) is 9.90 Å². The summed E-state index contributed by atoms with van der Waals surface area (Å²) in [5.74, 6) is -1.26. The number of hydrogen-bond acceptors (Lipinski definition) is 3. The molecule has 0 saturated heterocycles. The topological polar surface area (TPSA) is 50.2 Å². The Morgan fingerprint density at radius 1 is 1.18 bits per heavy atom. The highest BCUT2D eigenvalue weighted by atomic mass is 32.1. The van der Waals surface area contributed by atoms with Crippen LogP contribution in [0.4, 0.5) is 0 Å². The molecular weight excluding hydrogens is 366 g/mol. The molecule has 1 N–H and O–H groups in total. The Balaban J connectivity index is 2.09. The second-order valence-electron chi connectivity index (χ2n) is 7.92. The van der Waals surface area contributed by atoms with E-state index in [1.165, 1.54) is 34.2 Å². The fourth-order valence-electron chi connectivity index (χ4n) is 4.54. The van der Waals surface area contributed by atoms with Crippen LogP contribution in [-0.4, -0.2) is 16.1 Å². The Morgan fingerprint density at radius 2 is 1.89 bits per heavy atom. The molecule has 0 radical (unpaired) electrons. The predicted molar refractivity (Wildman–Crippen MR) is 116 cm³/mol. The number of thiophene rings is 1. The maximum Gasteiger partial charge on any atom is 0.311 e. The first-order valence-corrected chi connectivity index (χ1v) is 11.1. The average Bonchev–Trinajstić information content (AvgIpc) is 3.04. The van der Waals surface area contributed by atoms with E-state index < -0.39 is 11.9 Å². The summed E-state index contributed by atoms with van der Waals surface area (Å²) < 4.78 is 0. The highest BCUT2D eigenvalue weighted by Gasteiger charge is 2.29. The number of carbonyl (C=O) groups is 1. The van der Waals surface area contributed by atoms with E-state index in [1.54, 1.807) is 0 Å². The molecule has 3 nitrogen and oxygen atoms in total. The third kappa shape index (κ3) is 3.24. The van der Waals surface area contributed by atoms with Crippen molar-refractivity contribution in [2.24, 2.45) is 0 Å². The Labute approximate surface area is 170 Å². The lowest BCUT2D eigenvalue weighted by atomic mass is 9.83. The van der Waals surface area contributed by atoms with Gasteiger partial charge in [0.25, 0.3) is 0 Å². The molecule has 0 bridgehead atoms. The monoisotopic (exact) mass is 393 g/mol. The van der Waals surface area contributed by atoms with Crippen molar-refractivity contribution in [3.05, 3.63) is 51.5 Å². The lowest BCUT2D eigenvalue weighted by Crippen LogP contribution is -2.15. The maximum atomic E-state index is 12.2. The van der Waals surface area contributed by atoms with E-state index in [1.807, 2.05) is 18.3 Å². The number of carboxylic acid groups (broad SMARTS) is 1. The molecule has 0 spiro atoms. The normalized spacial score (nSPS) is 14.8. The van der Waals surface area contributed by atoms with Gasteiger partial charge in [-0.2, -0.15) is 0 Å². The fraction of sp³-hybridized carbons (Fsp3) is 0.417. The van der Waals surface area contributed by atoms with Crippen molar-refractivity contribution in [2.45, 2.75) is 65.2 Å². The van der Waals surface area contributed by atoms with Gasteiger partial charge < -0.3 is 5.11 Å². The molecule has 4 heteroatoms. The molecule has 28 heavy (non-hydrogen) atoms. The molecule has 1 aliphatic rings. The molecule has 1 aromatic carbocycles. The van der Waals surface area contributed by atoms with Crippen LogP contribution in [0.15, 0.2) is 24.3 Å². The summed E-state index contributed by atoms with van der Waals surface area (Å²) in [5.41, 5.74) is 6.63. The minimum absolute atomic E-state index is 0.516. The van der Waals surface area contributed by atoms with Gasteiger partial charge in [-0.15, -0.1) is 11.3 Å². The largest absolute Gasteiger partial charge is 0.481 e. The van der Waals surface area contributed by atoms with Gasteiger partial charge in [0.15, 0.2) is 0 Å². The Hall–Kier alpha value is -2.20. The van der Waals surface area contributed by atoms with E-state index in [4.69, 9.17) is 4.98 Å². The van der Waals surface area contributed by atoms with E-state index in [-0.39, 0.29) is 0 Å². The van der Waals surface area contributed by atoms with Gasteiger partial charge in [0.2, 0.25) is 0 Å². The fourth-order valence-corrected chi connectivity index (χ4v) is 5.86. The molecule has 2 heterocycles. The average molecular weight is 394 g/mol. The number of aromatic nitrogens is 1. The summed E-state index contributed by atoms with van der Waals surface area (Å²) in [4.78, 5) is 19.7. The molecule has 2 aromatic heterocycles. The zero-order valence-corrected chi connectivity index (χ0v) is 17.7. The standard InChI is InChI=1S/C24H27NO2S/c1-4-7-18(24(26)27)20-15(3)25-23-22(17-8-5-6-9-19(17)28-23)21(20)16-12-10-14(2)11-13-16/h10-13,18H,4-9H2,1-3H3,(H,26,27)/t18-/m1/s1. The van der Waals surface area contributed by atoms with Crippen LogP contribution < -0.4 is 0 Å². The van der Waals surface area contributed by atoms with Crippen molar-refractivity contribution >= 4 is 27.5 Å². The Kier molecular flexibility index (Phi) is 5.24. The van der Waals surface area contributed by atoms with Crippen LogP contribution in [0.2, 0.25) is 0 Å². The minimum atomic E-state index is -0.747. The molecule has 4 rings (SSSR count). The number of carboxylic acids is 1. The molecule has 1 atom stereocenters. The van der Waals surface area contributed by atoms with Gasteiger partial charge in [0, 0.05) is 16.0 Å². The molecule has 0 fully saturated rings. The first kappa shape index (κ1) is 19.1. The molecule has 0 aliphatic heterocycles. The van der Waals surface area contributed by atoms with Gasteiger partial charge in [0.05, 0.1) is 5.92 Å². The quantitative estimate of drug-likeness (QED) is 0.543. The van der Waals surface area contributed by atoms with Crippen molar-refractivity contribution in [1.29, 1.82) is 0 Å². The zero-order valence-electron chi connectivity index (χ0n) is 16.8. The lowest BCUT2D eigenvalue weighted by Gasteiger charge is -2.21. The summed E-state index contributed by atoms with van der Waals surface area (Å²) in [7, 11) is 0. The number of nitrogens with zero attached hydrogens (tertiary/aromatic N) is 1. The van der Waals surface area contributed by atoms with Gasteiger partial charge in [0.1, 0.15) is 4.83 Å². The van der Waals surface area contributed by atoms with Crippen molar-refractivity contribution in [2.75, 3.05) is 0 Å². The van der Waals surface area contributed by atoms with E-state index >= 15 is 0 Å². The number of benzene rings is 1. The molecule has 0 amide bonds. The Bertz CT molecular complexity index is 1030. The highest BCUT2D eigenvalue weighted by molar-refractivity contribution is 7.19. The second-order valence-corrected chi connectivity index (χ2v) is 9.01. The van der Waals surface area contributed by atoms with Crippen LogP contribution in [0.3, 0.4) is 0 Å². The van der Waals surface area contributed by atoms with E-state index in [0.717, 1.165) is 46.5 Å². The number of pyridine rings is 1. The predicted octanol–water partition coefficient (Wildman–Crippen LogP) is 6.43. The van der Waals surface area contributed by atoms with Crippen LogP contribution >= 0.6 is 11.3 Å². The smallest absolute Gasteiger partial charge is 0.311 e. The first-order valence-electron chi connectivity index (χ1n) is 10.3. The highest BCUT2D eigenvalue weighted by Crippen LogP contribution is 2.45. The van der Waals surface area contributed by atoms with Gasteiger partial charge in [-0.1, -0.05) is 43.2 Å². The van der Waals surface area contributed by atoms with Crippen molar-refractivity contribution in [1.82, 2.24) is 4.98 Å². The molecule has 3 aromatic rings. The van der Waals surface area contributed by atoms with Crippen LogP contribution in [0.25, 0.3) is 21.3 Å². The van der Waals surface area contributed by atoms with Crippen LogP contribution in [-0.2, 0) is 17.6 Å². The van der Waals surface area contributed by atoms with Crippen LogP contribution in [0, 0.1) is 13.8 Å². The van der Waals surface area contributed by atoms with Gasteiger partial charge in [-0.25, -0.2) is 4.98 Å². The van der Waals surface area contributed by atoms with Gasteiger partial charge >= 0.3 is 5.97 Å². The Morgan fingerprint density at radius 3 is 2.57 bits per heavy atom.